The smallest absolute Gasteiger partial charge is 0.146 e. The Hall–Kier alpha value is -1.29. The number of aryl methyl sites for hydroxylation is 1. The molecule has 2 N–H and O–H groups in total. The molecule has 0 spiro atoms. The lowest BCUT2D eigenvalue weighted by atomic mass is 10.1. The van der Waals surface area contributed by atoms with Gasteiger partial charge in [-0.25, -0.2) is 4.39 Å². The number of halogens is 1. The van der Waals surface area contributed by atoms with Crippen molar-refractivity contribution >= 4 is 11.4 Å². The molecular formula is C11H15FN2O. The van der Waals surface area contributed by atoms with E-state index in [1.165, 1.54) is 6.07 Å². The molecule has 82 valence electrons. The van der Waals surface area contributed by atoms with Crippen LogP contribution in [-0.2, 0) is 4.74 Å². The van der Waals surface area contributed by atoms with E-state index in [-0.39, 0.29) is 11.5 Å². The molecule has 0 atom stereocenters. The quantitative estimate of drug-likeness (QED) is 0.715. The second kappa shape index (κ2) is 4.06. The van der Waals surface area contributed by atoms with Crippen LogP contribution in [-0.4, -0.2) is 26.3 Å². The number of hydrogen-bond donors (Lipinski definition) is 1. The largest absolute Gasteiger partial charge is 0.396 e. The minimum atomic E-state index is -0.343. The van der Waals surface area contributed by atoms with Crippen LogP contribution in [0.5, 0.6) is 0 Å². The lowest BCUT2D eigenvalue weighted by molar-refractivity contribution is 0.122. The maximum absolute atomic E-state index is 13.2. The Balaban J connectivity index is 2.30. The summed E-state index contributed by atoms with van der Waals surface area (Å²) in [4.78, 5) is 2.18. The second-order valence-electron chi connectivity index (χ2n) is 3.76. The molecule has 1 fully saturated rings. The van der Waals surface area contributed by atoms with E-state index in [2.05, 4.69) is 4.90 Å². The first-order valence-corrected chi connectivity index (χ1v) is 5.07. The Labute approximate surface area is 88.6 Å². The molecule has 1 aromatic rings. The Bertz CT molecular complexity index is 362. The van der Waals surface area contributed by atoms with Crippen molar-refractivity contribution in [3.63, 3.8) is 0 Å². The van der Waals surface area contributed by atoms with E-state index in [0.717, 1.165) is 37.6 Å². The standard InChI is InChI=1S/C11H15FN2O/c1-8-6-9(12)10(13)7-11(8)14-2-4-15-5-3-14/h6-7H,2-5,13H2,1H3. The third-order valence-electron chi connectivity index (χ3n) is 2.67. The zero-order chi connectivity index (χ0) is 10.8. The fourth-order valence-corrected chi connectivity index (χ4v) is 1.82. The number of nitrogens with zero attached hydrogens (tertiary/aromatic N) is 1. The molecule has 0 aliphatic carbocycles. The molecule has 15 heavy (non-hydrogen) atoms. The summed E-state index contributed by atoms with van der Waals surface area (Å²) in [5.41, 5.74) is 7.70. The van der Waals surface area contributed by atoms with Gasteiger partial charge in [-0.15, -0.1) is 0 Å². The first kappa shape index (κ1) is 10.2. The zero-order valence-corrected chi connectivity index (χ0v) is 8.79. The predicted molar refractivity (Wildman–Crippen MR) is 58.6 cm³/mol. The molecule has 1 aliphatic rings. The fourth-order valence-electron chi connectivity index (χ4n) is 1.82. The molecule has 2 rings (SSSR count). The summed E-state index contributed by atoms with van der Waals surface area (Å²) in [6, 6.07) is 3.19. The van der Waals surface area contributed by atoms with Crippen molar-refractivity contribution < 1.29 is 9.13 Å². The Morgan fingerprint density at radius 2 is 2.00 bits per heavy atom. The van der Waals surface area contributed by atoms with Gasteiger partial charge in [0.2, 0.25) is 0 Å². The van der Waals surface area contributed by atoms with Gasteiger partial charge in [-0.2, -0.15) is 0 Å². The van der Waals surface area contributed by atoms with Crippen molar-refractivity contribution in [1.82, 2.24) is 0 Å². The normalized spacial score (nSPS) is 16.8. The summed E-state index contributed by atoms with van der Waals surface area (Å²) in [7, 11) is 0. The number of morpholine rings is 1. The van der Waals surface area contributed by atoms with Crippen molar-refractivity contribution in [2.45, 2.75) is 6.92 Å². The highest BCUT2D eigenvalue weighted by molar-refractivity contribution is 5.61. The van der Waals surface area contributed by atoms with Crippen LogP contribution in [0.25, 0.3) is 0 Å². The summed E-state index contributed by atoms with van der Waals surface area (Å²) in [6.07, 6.45) is 0. The van der Waals surface area contributed by atoms with Gasteiger partial charge < -0.3 is 15.4 Å². The third-order valence-corrected chi connectivity index (χ3v) is 2.67. The monoisotopic (exact) mass is 210 g/mol. The molecule has 0 aromatic heterocycles. The van der Waals surface area contributed by atoms with Gasteiger partial charge >= 0.3 is 0 Å². The van der Waals surface area contributed by atoms with Crippen LogP contribution in [0, 0.1) is 12.7 Å². The predicted octanol–water partition coefficient (Wildman–Crippen LogP) is 1.55. The molecule has 0 saturated carbocycles. The van der Waals surface area contributed by atoms with Crippen LogP contribution in [0.2, 0.25) is 0 Å². The highest BCUT2D eigenvalue weighted by Crippen LogP contribution is 2.25. The van der Waals surface area contributed by atoms with Gasteiger partial charge in [0.05, 0.1) is 18.9 Å². The van der Waals surface area contributed by atoms with E-state index in [9.17, 15) is 4.39 Å². The van der Waals surface area contributed by atoms with E-state index in [1.54, 1.807) is 6.07 Å². The fraction of sp³-hybridized carbons (Fsp3) is 0.455. The molecule has 0 radical (unpaired) electrons. The van der Waals surface area contributed by atoms with Crippen molar-refractivity contribution in [1.29, 1.82) is 0 Å². The van der Waals surface area contributed by atoms with Crippen molar-refractivity contribution in [2.24, 2.45) is 0 Å². The average Bonchev–Trinajstić information content (AvgIpc) is 2.25. The molecule has 3 nitrogen and oxygen atoms in total. The summed E-state index contributed by atoms with van der Waals surface area (Å²) in [5.74, 6) is -0.343. The van der Waals surface area contributed by atoms with Crippen molar-refractivity contribution in [3.05, 3.63) is 23.5 Å². The molecular weight excluding hydrogens is 195 g/mol. The second-order valence-corrected chi connectivity index (χ2v) is 3.76. The van der Waals surface area contributed by atoms with Crippen LogP contribution < -0.4 is 10.6 Å². The summed E-state index contributed by atoms with van der Waals surface area (Å²) in [5, 5.41) is 0. The van der Waals surface area contributed by atoms with Gasteiger partial charge in [0, 0.05) is 18.8 Å². The van der Waals surface area contributed by atoms with Crippen LogP contribution in [0.1, 0.15) is 5.56 Å². The van der Waals surface area contributed by atoms with E-state index in [0.29, 0.717) is 0 Å². The minimum Gasteiger partial charge on any atom is -0.396 e. The topological polar surface area (TPSA) is 38.5 Å². The summed E-state index contributed by atoms with van der Waals surface area (Å²) < 4.78 is 18.4. The number of nitrogen functional groups attached to an aromatic ring is 1. The van der Waals surface area contributed by atoms with E-state index in [1.807, 2.05) is 6.92 Å². The van der Waals surface area contributed by atoms with Gasteiger partial charge in [-0.1, -0.05) is 0 Å². The van der Waals surface area contributed by atoms with Gasteiger partial charge in [0.1, 0.15) is 5.82 Å². The highest BCUT2D eigenvalue weighted by Gasteiger charge is 2.14. The van der Waals surface area contributed by atoms with Gasteiger partial charge in [0.25, 0.3) is 0 Å². The van der Waals surface area contributed by atoms with Gasteiger partial charge in [-0.05, 0) is 24.6 Å². The maximum atomic E-state index is 13.2. The van der Waals surface area contributed by atoms with Crippen LogP contribution in [0.3, 0.4) is 0 Å². The average molecular weight is 210 g/mol. The molecule has 1 heterocycles. The number of rotatable bonds is 1. The van der Waals surface area contributed by atoms with Crippen molar-refractivity contribution in [3.8, 4) is 0 Å². The van der Waals surface area contributed by atoms with Crippen LogP contribution in [0.4, 0.5) is 15.8 Å². The Morgan fingerprint density at radius 3 is 2.67 bits per heavy atom. The third kappa shape index (κ3) is 2.04. The van der Waals surface area contributed by atoms with E-state index >= 15 is 0 Å². The number of hydrogen-bond acceptors (Lipinski definition) is 3. The molecule has 0 bridgehead atoms. The SMILES string of the molecule is Cc1cc(F)c(N)cc1N1CCOCC1. The maximum Gasteiger partial charge on any atom is 0.146 e. The number of ether oxygens (including phenoxy) is 1. The number of nitrogens with two attached hydrogens (primary N) is 1. The van der Waals surface area contributed by atoms with Gasteiger partial charge in [-0.3, -0.25) is 0 Å². The highest BCUT2D eigenvalue weighted by atomic mass is 19.1. The molecule has 0 amide bonds. The zero-order valence-electron chi connectivity index (χ0n) is 8.79. The van der Waals surface area contributed by atoms with Crippen LogP contribution >= 0.6 is 0 Å². The molecule has 1 saturated heterocycles. The molecule has 0 unspecified atom stereocenters. The molecule has 4 heteroatoms. The van der Waals surface area contributed by atoms with Crippen LogP contribution in [0.15, 0.2) is 12.1 Å². The first-order chi connectivity index (χ1) is 7.18. The number of anilines is 2. The Morgan fingerprint density at radius 1 is 1.33 bits per heavy atom. The first-order valence-electron chi connectivity index (χ1n) is 5.07. The molecule has 1 aliphatic heterocycles. The summed E-state index contributed by atoms with van der Waals surface area (Å²) in [6.45, 7) is 5.01. The molecule has 1 aromatic carbocycles. The van der Waals surface area contributed by atoms with E-state index < -0.39 is 0 Å². The Kier molecular flexibility index (Phi) is 2.77. The lowest BCUT2D eigenvalue weighted by Gasteiger charge is -2.30. The number of benzene rings is 1. The lowest BCUT2D eigenvalue weighted by Crippen LogP contribution is -2.36. The van der Waals surface area contributed by atoms with E-state index in [4.69, 9.17) is 10.5 Å². The summed E-state index contributed by atoms with van der Waals surface area (Å²) >= 11 is 0. The minimum absolute atomic E-state index is 0.210. The van der Waals surface area contributed by atoms with Gasteiger partial charge in [0.15, 0.2) is 0 Å². The van der Waals surface area contributed by atoms with Crippen molar-refractivity contribution in [2.75, 3.05) is 36.9 Å².